The van der Waals surface area contributed by atoms with Gasteiger partial charge in [-0.05, 0) is 38.5 Å². The van der Waals surface area contributed by atoms with E-state index in [9.17, 15) is 4.79 Å². The van der Waals surface area contributed by atoms with Crippen molar-refractivity contribution in [2.24, 2.45) is 0 Å². The Bertz CT molecular complexity index is 530. The van der Waals surface area contributed by atoms with Crippen LogP contribution in [0.1, 0.15) is 29.8 Å². The maximum absolute atomic E-state index is 12.7. The van der Waals surface area contributed by atoms with Crippen LogP contribution in [0.4, 0.5) is 0 Å². The summed E-state index contributed by atoms with van der Waals surface area (Å²) in [6, 6.07) is 5.58. The fourth-order valence-electron chi connectivity index (χ4n) is 2.67. The molecule has 5 heteroatoms. The van der Waals surface area contributed by atoms with E-state index in [0.29, 0.717) is 18.7 Å². The van der Waals surface area contributed by atoms with Crippen molar-refractivity contribution in [3.63, 3.8) is 0 Å². The van der Waals surface area contributed by atoms with Crippen molar-refractivity contribution in [3.05, 3.63) is 29.3 Å². The van der Waals surface area contributed by atoms with Crippen LogP contribution in [0.3, 0.4) is 0 Å². The molecule has 4 nitrogen and oxygen atoms in total. The van der Waals surface area contributed by atoms with E-state index in [4.69, 9.17) is 9.47 Å². The van der Waals surface area contributed by atoms with Crippen molar-refractivity contribution >= 4 is 21.8 Å². The van der Waals surface area contributed by atoms with Gasteiger partial charge in [0.1, 0.15) is 5.75 Å². The van der Waals surface area contributed by atoms with Crippen molar-refractivity contribution in [2.45, 2.75) is 32.5 Å². The van der Waals surface area contributed by atoms with E-state index in [2.05, 4.69) is 15.9 Å². The Hall–Kier alpha value is -1.07. The predicted octanol–water partition coefficient (Wildman–Crippen LogP) is 3.02. The molecule has 1 aromatic rings. The lowest BCUT2D eigenvalue weighted by Crippen LogP contribution is -2.55. The van der Waals surface area contributed by atoms with Crippen LogP contribution in [0.2, 0.25) is 0 Å². The van der Waals surface area contributed by atoms with Gasteiger partial charge < -0.3 is 14.4 Å². The molecule has 0 N–H and O–H groups in total. The number of carbonyl (C=O) groups excluding carboxylic acids is 1. The van der Waals surface area contributed by atoms with Crippen molar-refractivity contribution in [3.8, 4) is 5.75 Å². The van der Waals surface area contributed by atoms with Crippen molar-refractivity contribution < 1.29 is 14.3 Å². The molecular weight excluding hydrogens is 334 g/mol. The fourth-order valence-corrected chi connectivity index (χ4v) is 3.00. The van der Waals surface area contributed by atoms with Gasteiger partial charge in [0.15, 0.2) is 0 Å². The lowest BCUT2D eigenvalue weighted by molar-refractivity contribution is -0.116. The van der Waals surface area contributed by atoms with Gasteiger partial charge in [-0.25, -0.2) is 0 Å². The van der Waals surface area contributed by atoms with E-state index in [0.717, 1.165) is 16.6 Å². The Labute approximate surface area is 134 Å². The maximum atomic E-state index is 12.7. The largest absolute Gasteiger partial charge is 0.496 e. The highest BCUT2D eigenvalue weighted by Gasteiger charge is 2.35. The summed E-state index contributed by atoms with van der Waals surface area (Å²) in [5.74, 6) is 0.765. The second-order valence-electron chi connectivity index (χ2n) is 6.02. The van der Waals surface area contributed by atoms with Crippen LogP contribution in [0.25, 0.3) is 0 Å². The van der Waals surface area contributed by atoms with Gasteiger partial charge in [-0.15, -0.1) is 0 Å². The number of hydrogen-bond acceptors (Lipinski definition) is 3. The smallest absolute Gasteiger partial charge is 0.254 e. The van der Waals surface area contributed by atoms with Gasteiger partial charge in [-0.1, -0.05) is 22.0 Å². The molecule has 0 aromatic heterocycles. The molecule has 116 valence electrons. The molecule has 0 spiro atoms. The number of methoxy groups -OCH3 is 1. The minimum absolute atomic E-state index is 0.0186. The molecule has 1 aromatic carbocycles. The summed E-state index contributed by atoms with van der Waals surface area (Å²) < 4.78 is 11.2. The Morgan fingerprint density at radius 2 is 2.24 bits per heavy atom. The highest BCUT2D eigenvalue weighted by molar-refractivity contribution is 9.09. The molecular formula is C16H22BrNO3. The summed E-state index contributed by atoms with van der Waals surface area (Å²) >= 11 is 3.44. The number of alkyl halides is 1. The highest BCUT2D eigenvalue weighted by Crippen LogP contribution is 2.25. The van der Waals surface area contributed by atoms with Gasteiger partial charge in [-0.2, -0.15) is 0 Å². The minimum Gasteiger partial charge on any atom is -0.496 e. The third-order valence-corrected chi connectivity index (χ3v) is 4.32. The van der Waals surface area contributed by atoms with Gasteiger partial charge in [0.25, 0.3) is 5.91 Å². The molecule has 0 aliphatic carbocycles. The molecule has 0 bridgehead atoms. The van der Waals surface area contributed by atoms with Crippen molar-refractivity contribution in [1.82, 2.24) is 4.90 Å². The molecule has 1 fully saturated rings. The van der Waals surface area contributed by atoms with E-state index >= 15 is 0 Å². The number of hydrogen-bond donors (Lipinski definition) is 0. The highest BCUT2D eigenvalue weighted by atomic mass is 79.9. The molecule has 1 aliphatic rings. The molecule has 1 atom stereocenters. The molecule has 1 saturated heterocycles. The number of nitrogens with zero attached hydrogens (tertiary/aromatic N) is 1. The van der Waals surface area contributed by atoms with E-state index in [-0.39, 0.29) is 17.6 Å². The van der Waals surface area contributed by atoms with Crippen LogP contribution in [0, 0.1) is 6.92 Å². The Kier molecular flexibility index (Phi) is 4.94. The maximum Gasteiger partial charge on any atom is 0.254 e. The summed E-state index contributed by atoms with van der Waals surface area (Å²) in [5, 5.41) is 0.720. The van der Waals surface area contributed by atoms with Gasteiger partial charge in [-0.3, -0.25) is 4.79 Å². The molecule has 1 aliphatic heterocycles. The summed E-state index contributed by atoms with van der Waals surface area (Å²) in [6.45, 7) is 7.18. The molecule has 0 radical (unpaired) electrons. The van der Waals surface area contributed by atoms with Gasteiger partial charge in [0.05, 0.1) is 18.8 Å². The SMILES string of the molecule is COc1cc(C(=O)N2CC(CBr)OC(C)(C)C2)ccc1C. The zero-order valence-electron chi connectivity index (χ0n) is 13.0. The zero-order valence-corrected chi connectivity index (χ0v) is 14.6. The van der Waals surface area contributed by atoms with Crippen LogP contribution in [0.15, 0.2) is 18.2 Å². The van der Waals surface area contributed by atoms with Gasteiger partial charge in [0, 0.05) is 24.0 Å². The van der Waals surface area contributed by atoms with Crippen LogP contribution in [0.5, 0.6) is 5.75 Å². The van der Waals surface area contributed by atoms with Crippen LogP contribution in [-0.2, 0) is 4.74 Å². The molecule has 1 unspecified atom stereocenters. The number of benzene rings is 1. The first-order valence-electron chi connectivity index (χ1n) is 7.04. The summed E-state index contributed by atoms with van der Waals surface area (Å²) in [4.78, 5) is 14.6. The van der Waals surface area contributed by atoms with Crippen molar-refractivity contribution in [2.75, 3.05) is 25.5 Å². The average Bonchev–Trinajstić information content (AvgIpc) is 2.45. The first kappa shape index (κ1) is 16.3. The monoisotopic (exact) mass is 355 g/mol. The predicted molar refractivity (Wildman–Crippen MR) is 86.4 cm³/mol. The third-order valence-electron chi connectivity index (χ3n) is 3.60. The Balaban J connectivity index is 2.22. The fraction of sp³-hybridized carbons (Fsp3) is 0.562. The normalized spacial score (nSPS) is 21.2. The lowest BCUT2D eigenvalue weighted by atomic mass is 10.0. The number of ether oxygens (including phenoxy) is 2. The molecule has 1 amide bonds. The van der Waals surface area contributed by atoms with Crippen LogP contribution < -0.4 is 4.74 Å². The minimum atomic E-state index is -0.332. The van der Waals surface area contributed by atoms with E-state index in [1.807, 2.05) is 43.9 Å². The molecule has 2 rings (SSSR count). The second kappa shape index (κ2) is 6.36. The molecule has 21 heavy (non-hydrogen) atoms. The summed E-state index contributed by atoms with van der Waals surface area (Å²) in [7, 11) is 1.62. The van der Waals surface area contributed by atoms with Crippen LogP contribution in [-0.4, -0.2) is 48.0 Å². The quantitative estimate of drug-likeness (QED) is 0.782. The topological polar surface area (TPSA) is 38.8 Å². The molecule has 0 saturated carbocycles. The van der Waals surface area contributed by atoms with Crippen LogP contribution >= 0.6 is 15.9 Å². The van der Waals surface area contributed by atoms with E-state index in [1.165, 1.54) is 0 Å². The Morgan fingerprint density at radius 3 is 2.86 bits per heavy atom. The standard InChI is InChI=1S/C16H22BrNO3/c1-11-5-6-12(7-14(11)20-4)15(19)18-9-13(8-17)21-16(2,3)10-18/h5-7,13H,8-10H2,1-4H3. The third kappa shape index (κ3) is 3.77. The number of carbonyl (C=O) groups is 1. The first-order chi connectivity index (χ1) is 9.86. The zero-order chi connectivity index (χ0) is 15.6. The molecule has 1 heterocycles. The number of morpholine rings is 1. The second-order valence-corrected chi connectivity index (χ2v) is 6.67. The lowest BCUT2D eigenvalue weighted by Gasteiger charge is -2.42. The van der Waals surface area contributed by atoms with Crippen molar-refractivity contribution in [1.29, 1.82) is 0 Å². The number of halogens is 1. The average molecular weight is 356 g/mol. The summed E-state index contributed by atoms with van der Waals surface area (Å²) in [6.07, 6.45) is 0.0186. The van der Waals surface area contributed by atoms with Gasteiger partial charge in [0.2, 0.25) is 0 Å². The summed E-state index contributed by atoms with van der Waals surface area (Å²) in [5.41, 5.74) is 1.35. The first-order valence-corrected chi connectivity index (χ1v) is 8.16. The number of rotatable bonds is 3. The Morgan fingerprint density at radius 1 is 1.52 bits per heavy atom. The van der Waals surface area contributed by atoms with E-state index in [1.54, 1.807) is 7.11 Å². The van der Waals surface area contributed by atoms with E-state index < -0.39 is 0 Å². The number of aryl methyl sites for hydroxylation is 1. The number of amides is 1. The van der Waals surface area contributed by atoms with Gasteiger partial charge >= 0.3 is 0 Å².